The largest absolute Gasteiger partial charge is 0.456 e. The molecule has 1 spiro atoms. The maximum atomic E-state index is 6.57. The van der Waals surface area contributed by atoms with Crippen molar-refractivity contribution < 1.29 is 4.42 Å². The van der Waals surface area contributed by atoms with Gasteiger partial charge in [0.25, 0.3) is 0 Å². The van der Waals surface area contributed by atoms with Gasteiger partial charge >= 0.3 is 0 Å². The SMILES string of the molecule is c1ccc(N(c2ccc3c(c2)C2(c4ccccc4-c4ccccc42)c2ccccc2-3)c2ccc3c(c2)oc2ccccc23)c(-c2cccc3sc4ccccc4c23)c1. The zero-order valence-corrected chi connectivity index (χ0v) is 32.1. The molecule has 11 aromatic rings. The van der Waals surface area contributed by atoms with E-state index in [0.717, 1.165) is 39.0 Å². The third-order valence-corrected chi connectivity index (χ3v) is 13.8. The quantitative estimate of drug-likeness (QED) is 0.178. The van der Waals surface area contributed by atoms with Crippen molar-refractivity contribution in [2.45, 2.75) is 5.41 Å². The first-order valence-electron chi connectivity index (χ1n) is 19.9. The van der Waals surface area contributed by atoms with Gasteiger partial charge in [0.1, 0.15) is 11.2 Å². The summed E-state index contributed by atoms with van der Waals surface area (Å²) in [5, 5.41) is 4.83. The first-order valence-corrected chi connectivity index (χ1v) is 20.7. The molecule has 0 saturated carbocycles. The number of benzene rings is 9. The molecule has 13 rings (SSSR count). The molecule has 0 amide bonds. The first-order chi connectivity index (χ1) is 28.8. The maximum absolute atomic E-state index is 6.57. The van der Waals surface area contributed by atoms with Crippen LogP contribution in [0.25, 0.3) is 75.5 Å². The first kappa shape index (κ1) is 31.9. The highest BCUT2D eigenvalue weighted by molar-refractivity contribution is 7.25. The Hall–Kier alpha value is -7.20. The summed E-state index contributed by atoms with van der Waals surface area (Å²) in [5.74, 6) is 0. The van der Waals surface area contributed by atoms with E-state index in [1.165, 1.54) is 75.8 Å². The fourth-order valence-corrected chi connectivity index (χ4v) is 11.5. The topological polar surface area (TPSA) is 16.4 Å². The van der Waals surface area contributed by atoms with E-state index in [4.69, 9.17) is 4.42 Å². The Labute approximate surface area is 339 Å². The van der Waals surface area contributed by atoms with Gasteiger partial charge in [-0.3, -0.25) is 0 Å². The number of furan rings is 1. The molecular formula is C55H33NOS. The van der Waals surface area contributed by atoms with Crippen LogP contribution in [-0.2, 0) is 5.41 Å². The van der Waals surface area contributed by atoms with Crippen LogP contribution >= 0.6 is 11.3 Å². The highest BCUT2D eigenvalue weighted by Crippen LogP contribution is 2.63. The summed E-state index contributed by atoms with van der Waals surface area (Å²) < 4.78 is 9.16. The van der Waals surface area contributed by atoms with Gasteiger partial charge < -0.3 is 9.32 Å². The molecule has 2 aliphatic carbocycles. The molecule has 2 aliphatic rings. The second-order valence-electron chi connectivity index (χ2n) is 15.5. The predicted molar refractivity (Wildman–Crippen MR) is 243 cm³/mol. The molecule has 0 atom stereocenters. The van der Waals surface area contributed by atoms with E-state index < -0.39 is 5.41 Å². The van der Waals surface area contributed by atoms with Crippen LogP contribution in [0.4, 0.5) is 17.1 Å². The molecule has 0 fully saturated rings. The van der Waals surface area contributed by atoms with Gasteiger partial charge in [0.15, 0.2) is 0 Å². The summed E-state index contributed by atoms with van der Waals surface area (Å²) in [6.07, 6.45) is 0. The molecule has 2 heterocycles. The van der Waals surface area contributed by atoms with Gasteiger partial charge in [-0.2, -0.15) is 0 Å². The van der Waals surface area contributed by atoms with Crippen LogP contribution in [0.5, 0.6) is 0 Å². The number of rotatable bonds is 4. The minimum absolute atomic E-state index is 0.454. The zero-order chi connectivity index (χ0) is 38.0. The molecule has 9 aromatic carbocycles. The third kappa shape index (κ3) is 4.21. The average molecular weight is 756 g/mol. The molecule has 0 radical (unpaired) electrons. The van der Waals surface area contributed by atoms with Gasteiger partial charge in [0.2, 0.25) is 0 Å². The van der Waals surface area contributed by atoms with Gasteiger partial charge in [-0.05, 0) is 98.6 Å². The van der Waals surface area contributed by atoms with Gasteiger partial charge in [0, 0.05) is 53.9 Å². The van der Waals surface area contributed by atoms with Crippen molar-refractivity contribution in [3.05, 3.63) is 222 Å². The lowest BCUT2D eigenvalue weighted by atomic mass is 9.70. The number of anilines is 3. The second-order valence-corrected chi connectivity index (χ2v) is 16.6. The van der Waals surface area contributed by atoms with E-state index in [9.17, 15) is 0 Å². The van der Waals surface area contributed by atoms with Crippen molar-refractivity contribution in [3.8, 4) is 33.4 Å². The molecule has 58 heavy (non-hydrogen) atoms. The van der Waals surface area contributed by atoms with Crippen LogP contribution in [0, 0.1) is 0 Å². The fourth-order valence-electron chi connectivity index (χ4n) is 10.4. The lowest BCUT2D eigenvalue weighted by Gasteiger charge is -2.32. The Kier molecular flexibility index (Phi) is 6.56. The second kappa shape index (κ2) is 11.9. The average Bonchev–Trinajstić information content (AvgIpc) is 4.02. The minimum Gasteiger partial charge on any atom is -0.456 e. The van der Waals surface area contributed by atoms with E-state index in [0.29, 0.717) is 0 Å². The molecule has 3 heteroatoms. The summed E-state index contributed by atoms with van der Waals surface area (Å²) in [6.45, 7) is 0. The van der Waals surface area contributed by atoms with Crippen LogP contribution in [-0.4, -0.2) is 0 Å². The predicted octanol–water partition coefficient (Wildman–Crippen LogP) is 15.4. The van der Waals surface area contributed by atoms with E-state index in [-0.39, 0.29) is 0 Å². The fraction of sp³-hybridized carbons (Fsp3) is 0.0182. The van der Waals surface area contributed by atoms with Gasteiger partial charge in [0.05, 0.1) is 11.1 Å². The zero-order valence-electron chi connectivity index (χ0n) is 31.3. The molecule has 0 N–H and O–H groups in total. The van der Waals surface area contributed by atoms with Crippen molar-refractivity contribution in [1.29, 1.82) is 0 Å². The summed E-state index contributed by atoms with van der Waals surface area (Å²) in [7, 11) is 0. The summed E-state index contributed by atoms with van der Waals surface area (Å²) in [6, 6.07) is 73.8. The monoisotopic (exact) mass is 755 g/mol. The smallest absolute Gasteiger partial charge is 0.137 e. The molecular weight excluding hydrogens is 723 g/mol. The third-order valence-electron chi connectivity index (χ3n) is 12.7. The van der Waals surface area contributed by atoms with Crippen molar-refractivity contribution in [3.63, 3.8) is 0 Å². The number of thiophene rings is 1. The molecule has 0 unspecified atom stereocenters. The van der Waals surface area contributed by atoms with Crippen molar-refractivity contribution in [1.82, 2.24) is 0 Å². The van der Waals surface area contributed by atoms with Crippen LogP contribution in [0.2, 0.25) is 0 Å². The van der Waals surface area contributed by atoms with Crippen molar-refractivity contribution in [2.75, 3.05) is 4.90 Å². The van der Waals surface area contributed by atoms with Gasteiger partial charge in [-0.25, -0.2) is 0 Å². The number of hydrogen-bond acceptors (Lipinski definition) is 3. The lowest BCUT2D eigenvalue weighted by Crippen LogP contribution is -2.26. The van der Waals surface area contributed by atoms with E-state index in [1.807, 2.05) is 17.4 Å². The Morgan fingerprint density at radius 3 is 1.66 bits per heavy atom. The normalized spacial score (nSPS) is 13.3. The standard InChI is InChI=1S/C55H33NOS/c1-7-21-45-36(14-1)37-15-2-8-22-46(37)55(45)47-23-9-3-16-38(47)39-30-28-34(32-48(39)55)56(35-29-31-42-41-18-5-11-25-50(41)57-51(42)33-35)49-24-10-4-17-40(49)43-20-13-27-53-54(43)44-19-6-12-26-52(44)58-53/h1-33H. The molecule has 0 aliphatic heterocycles. The number of nitrogens with zero attached hydrogens (tertiary/aromatic N) is 1. The Bertz CT molecular complexity index is 3430. The molecule has 0 bridgehead atoms. The minimum atomic E-state index is -0.454. The molecule has 270 valence electrons. The van der Waals surface area contributed by atoms with E-state index in [2.05, 4.69) is 199 Å². The number of para-hydroxylation sites is 2. The number of hydrogen-bond donors (Lipinski definition) is 0. The van der Waals surface area contributed by atoms with Crippen molar-refractivity contribution >= 4 is 70.5 Å². The summed E-state index contributed by atoms with van der Waals surface area (Å²) in [4.78, 5) is 2.46. The Morgan fingerprint density at radius 2 is 0.897 bits per heavy atom. The summed E-state index contributed by atoms with van der Waals surface area (Å²) >= 11 is 1.86. The lowest BCUT2D eigenvalue weighted by molar-refractivity contribution is 0.669. The van der Waals surface area contributed by atoms with Crippen LogP contribution < -0.4 is 4.90 Å². The van der Waals surface area contributed by atoms with Crippen LogP contribution in [0.3, 0.4) is 0 Å². The molecule has 0 saturated heterocycles. The van der Waals surface area contributed by atoms with Crippen LogP contribution in [0.1, 0.15) is 22.3 Å². The van der Waals surface area contributed by atoms with Crippen molar-refractivity contribution in [2.24, 2.45) is 0 Å². The van der Waals surface area contributed by atoms with E-state index >= 15 is 0 Å². The molecule has 2 nitrogen and oxygen atoms in total. The highest BCUT2D eigenvalue weighted by Gasteiger charge is 2.51. The van der Waals surface area contributed by atoms with Gasteiger partial charge in [-0.1, -0.05) is 146 Å². The maximum Gasteiger partial charge on any atom is 0.137 e. The molecule has 2 aromatic heterocycles. The Balaban J connectivity index is 1.11. The summed E-state index contributed by atoms with van der Waals surface area (Å²) in [5.41, 5.74) is 17.5. The highest BCUT2D eigenvalue weighted by atomic mass is 32.1. The van der Waals surface area contributed by atoms with Gasteiger partial charge in [-0.15, -0.1) is 11.3 Å². The Morgan fingerprint density at radius 1 is 0.362 bits per heavy atom. The van der Waals surface area contributed by atoms with E-state index in [1.54, 1.807) is 0 Å². The van der Waals surface area contributed by atoms with Crippen LogP contribution in [0.15, 0.2) is 205 Å². The number of fused-ring (bicyclic) bond motifs is 16.